The molecular formula is C27H33ClN6O2S. The van der Waals surface area contributed by atoms with Crippen molar-refractivity contribution < 1.29 is 8.42 Å². The summed E-state index contributed by atoms with van der Waals surface area (Å²) in [6.07, 6.45) is 8.75. The average molecular weight is 541 g/mol. The highest BCUT2D eigenvalue weighted by atomic mass is 35.5. The molecule has 0 radical (unpaired) electrons. The van der Waals surface area contributed by atoms with Gasteiger partial charge in [-0.25, -0.2) is 17.7 Å². The lowest BCUT2D eigenvalue weighted by Gasteiger charge is -2.25. The monoisotopic (exact) mass is 540 g/mol. The van der Waals surface area contributed by atoms with Gasteiger partial charge in [0, 0.05) is 25.8 Å². The molecule has 1 aliphatic heterocycles. The van der Waals surface area contributed by atoms with Gasteiger partial charge < -0.3 is 15.5 Å². The standard InChI is InChI=1S/C27H33ClN6O2S/c1-33(2)37(35,36)25-8-4-3-7-24(25)31-26-23(28)18-29-27(32-26)30-21-12-9-19-10-13-22(14-11-20(19)17-21)34-15-5-6-16-34/h3-4,7-9,12,17-18,22H,5-6,10-11,13-16H2,1-2H3,(H2,29,30,31,32)/t22-/m0/s1. The lowest BCUT2D eigenvalue weighted by molar-refractivity contribution is 0.222. The van der Waals surface area contributed by atoms with Gasteiger partial charge in [0.2, 0.25) is 16.0 Å². The Labute approximate surface area is 224 Å². The fourth-order valence-electron chi connectivity index (χ4n) is 5.20. The van der Waals surface area contributed by atoms with Crippen LogP contribution in [0.5, 0.6) is 0 Å². The van der Waals surface area contributed by atoms with Gasteiger partial charge in [0.15, 0.2) is 5.82 Å². The van der Waals surface area contributed by atoms with E-state index in [0.29, 0.717) is 23.5 Å². The molecule has 2 aliphatic rings. The quantitative estimate of drug-likeness (QED) is 0.397. The normalized spacial score (nSPS) is 18.4. The molecule has 1 saturated heterocycles. The van der Waals surface area contributed by atoms with E-state index in [1.165, 1.54) is 74.5 Å². The minimum absolute atomic E-state index is 0.141. The number of hydrogen-bond acceptors (Lipinski definition) is 7. The summed E-state index contributed by atoms with van der Waals surface area (Å²) in [7, 11) is -0.657. The number of nitrogens with one attached hydrogen (secondary N) is 2. The van der Waals surface area contributed by atoms with Gasteiger partial charge in [-0.2, -0.15) is 4.98 Å². The minimum Gasteiger partial charge on any atom is -0.338 e. The van der Waals surface area contributed by atoms with Crippen LogP contribution < -0.4 is 10.6 Å². The Kier molecular flexibility index (Phi) is 7.67. The summed E-state index contributed by atoms with van der Waals surface area (Å²) >= 11 is 6.38. The molecule has 10 heteroatoms. The molecule has 1 aliphatic carbocycles. The van der Waals surface area contributed by atoms with E-state index in [1.54, 1.807) is 24.3 Å². The molecule has 0 saturated carbocycles. The van der Waals surface area contributed by atoms with Crippen LogP contribution in [-0.4, -0.2) is 60.8 Å². The van der Waals surface area contributed by atoms with Crippen LogP contribution in [0.4, 0.5) is 23.1 Å². The van der Waals surface area contributed by atoms with E-state index in [4.69, 9.17) is 11.6 Å². The summed E-state index contributed by atoms with van der Waals surface area (Å²) in [5.74, 6) is 0.701. The van der Waals surface area contributed by atoms with Crippen LogP contribution in [0.2, 0.25) is 5.02 Å². The van der Waals surface area contributed by atoms with E-state index >= 15 is 0 Å². The predicted molar refractivity (Wildman–Crippen MR) is 149 cm³/mol. The molecule has 1 fully saturated rings. The number of para-hydroxylation sites is 1. The third kappa shape index (κ3) is 5.75. The van der Waals surface area contributed by atoms with E-state index in [-0.39, 0.29) is 9.92 Å². The molecular weight excluding hydrogens is 508 g/mol. The van der Waals surface area contributed by atoms with Gasteiger partial charge in [0.25, 0.3) is 0 Å². The maximum atomic E-state index is 12.8. The number of rotatable bonds is 7. The highest BCUT2D eigenvalue weighted by molar-refractivity contribution is 7.89. The van der Waals surface area contributed by atoms with Gasteiger partial charge in [-0.15, -0.1) is 0 Å². The van der Waals surface area contributed by atoms with Gasteiger partial charge >= 0.3 is 0 Å². The Morgan fingerprint density at radius 1 is 1.00 bits per heavy atom. The molecule has 8 nitrogen and oxygen atoms in total. The Balaban J connectivity index is 1.33. The summed E-state index contributed by atoms with van der Waals surface area (Å²) < 4.78 is 26.7. The highest BCUT2D eigenvalue weighted by Crippen LogP contribution is 2.31. The number of aromatic nitrogens is 2. The molecule has 2 N–H and O–H groups in total. The van der Waals surface area contributed by atoms with Crippen LogP contribution in [0.1, 0.15) is 36.8 Å². The van der Waals surface area contributed by atoms with Crippen LogP contribution >= 0.6 is 11.6 Å². The first-order chi connectivity index (χ1) is 17.8. The number of hydrogen-bond donors (Lipinski definition) is 2. The van der Waals surface area contributed by atoms with Gasteiger partial charge in [0.1, 0.15) is 9.92 Å². The number of anilines is 4. The summed E-state index contributed by atoms with van der Waals surface area (Å²) in [6, 6.07) is 13.8. The number of nitrogens with zero attached hydrogens (tertiary/aromatic N) is 4. The molecule has 1 atom stereocenters. The Bertz CT molecular complexity index is 1380. The summed E-state index contributed by atoms with van der Waals surface area (Å²) in [5.41, 5.74) is 4.11. The second kappa shape index (κ2) is 10.9. The van der Waals surface area contributed by atoms with Crippen molar-refractivity contribution in [1.29, 1.82) is 0 Å². The molecule has 3 aromatic rings. The molecule has 196 valence electrons. The lowest BCUT2D eigenvalue weighted by atomic mass is 10.0. The number of sulfonamides is 1. The SMILES string of the molecule is CN(C)S(=O)(=O)c1ccccc1Nc1nc(Nc2ccc3c(c2)CC[C@@H](N2CCCC2)CC3)ncc1Cl. The zero-order valence-corrected chi connectivity index (χ0v) is 22.8. The molecule has 0 spiro atoms. The first-order valence-corrected chi connectivity index (χ1v) is 14.6. The van der Waals surface area contributed by atoms with E-state index in [0.717, 1.165) is 18.5 Å². The number of fused-ring (bicyclic) bond motifs is 1. The minimum atomic E-state index is -3.65. The van der Waals surface area contributed by atoms with Gasteiger partial charge in [-0.3, -0.25) is 0 Å². The first-order valence-electron chi connectivity index (χ1n) is 12.8. The van der Waals surface area contributed by atoms with Gasteiger partial charge in [-0.1, -0.05) is 29.8 Å². The fourth-order valence-corrected chi connectivity index (χ4v) is 6.38. The molecule has 0 amide bonds. The van der Waals surface area contributed by atoms with Crippen LogP contribution in [0.3, 0.4) is 0 Å². The van der Waals surface area contributed by atoms with Crippen molar-refractivity contribution in [2.45, 2.75) is 49.5 Å². The summed E-state index contributed by atoms with van der Waals surface area (Å²) in [6.45, 7) is 2.48. The number of benzene rings is 2. The molecule has 5 rings (SSSR count). The van der Waals surface area contributed by atoms with Crippen LogP contribution in [-0.2, 0) is 22.9 Å². The molecule has 0 unspecified atom stereocenters. The number of aryl methyl sites for hydroxylation is 2. The smallest absolute Gasteiger partial charge is 0.244 e. The number of halogens is 1. The predicted octanol–water partition coefficient (Wildman–Crippen LogP) is 5.21. The van der Waals surface area contributed by atoms with Crippen molar-refractivity contribution in [2.24, 2.45) is 0 Å². The van der Waals surface area contributed by atoms with Crippen molar-refractivity contribution in [3.05, 3.63) is 64.8 Å². The summed E-state index contributed by atoms with van der Waals surface area (Å²) in [5, 5.41) is 6.67. The molecule has 2 aromatic carbocycles. The maximum absolute atomic E-state index is 12.8. The van der Waals surface area contributed by atoms with Crippen LogP contribution in [0, 0.1) is 0 Å². The van der Waals surface area contributed by atoms with Crippen molar-refractivity contribution >= 4 is 44.8 Å². The third-order valence-corrected chi connectivity index (χ3v) is 9.41. The van der Waals surface area contributed by atoms with Gasteiger partial charge in [0.05, 0.1) is 11.9 Å². The third-order valence-electron chi connectivity index (χ3n) is 7.26. The van der Waals surface area contributed by atoms with Crippen molar-refractivity contribution in [3.63, 3.8) is 0 Å². The zero-order valence-electron chi connectivity index (χ0n) is 21.2. The second-order valence-corrected chi connectivity index (χ2v) is 12.4. The van der Waals surface area contributed by atoms with E-state index in [2.05, 4.69) is 43.7 Å². The molecule has 2 heterocycles. The Morgan fingerprint density at radius 3 is 2.49 bits per heavy atom. The number of likely N-dealkylation sites (tertiary alicyclic amines) is 1. The molecule has 1 aromatic heterocycles. The van der Waals surface area contributed by atoms with E-state index < -0.39 is 10.0 Å². The van der Waals surface area contributed by atoms with Crippen molar-refractivity contribution in [1.82, 2.24) is 19.2 Å². The van der Waals surface area contributed by atoms with Crippen LogP contribution in [0.15, 0.2) is 53.6 Å². The largest absolute Gasteiger partial charge is 0.338 e. The fraction of sp³-hybridized carbons (Fsp3) is 0.407. The van der Waals surface area contributed by atoms with E-state index in [9.17, 15) is 8.42 Å². The lowest BCUT2D eigenvalue weighted by Crippen LogP contribution is -2.32. The Hall–Kier alpha value is -2.72. The first kappa shape index (κ1) is 25.9. The van der Waals surface area contributed by atoms with Gasteiger partial charge in [-0.05, 0) is 87.0 Å². The second-order valence-electron chi connectivity index (χ2n) is 9.88. The van der Waals surface area contributed by atoms with Crippen molar-refractivity contribution in [3.8, 4) is 0 Å². The summed E-state index contributed by atoms with van der Waals surface area (Å²) in [4.78, 5) is 11.7. The highest BCUT2D eigenvalue weighted by Gasteiger charge is 2.25. The van der Waals surface area contributed by atoms with Crippen molar-refractivity contribution in [2.75, 3.05) is 37.8 Å². The average Bonchev–Trinajstić information content (AvgIpc) is 3.34. The van der Waals surface area contributed by atoms with E-state index in [1.807, 2.05) is 0 Å². The Morgan fingerprint density at radius 2 is 1.73 bits per heavy atom. The zero-order chi connectivity index (χ0) is 26.0. The topological polar surface area (TPSA) is 90.5 Å². The molecule has 37 heavy (non-hydrogen) atoms. The maximum Gasteiger partial charge on any atom is 0.244 e. The van der Waals surface area contributed by atoms with Crippen LogP contribution in [0.25, 0.3) is 0 Å². The molecule has 0 bridgehead atoms.